The van der Waals surface area contributed by atoms with Gasteiger partial charge in [-0.15, -0.1) is 0 Å². The van der Waals surface area contributed by atoms with E-state index in [2.05, 4.69) is 35.8 Å². The summed E-state index contributed by atoms with van der Waals surface area (Å²) in [7, 11) is 0. The molecule has 0 saturated heterocycles. The van der Waals surface area contributed by atoms with Gasteiger partial charge in [0.15, 0.2) is 0 Å². The van der Waals surface area contributed by atoms with E-state index in [-0.39, 0.29) is 5.69 Å². The second-order valence-electron chi connectivity index (χ2n) is 6.40. The fourth-order valence-electron chi connectivity index (χ4n) is 3.29. The standard InChI is InChI=1S/C23H19N2O3/c1-2-24-19(10-7-17-5-3-4-6-22(17)24)13-14-21-15-16-23(28-21)18-8-11-20(12-9-18)25(26)27/h3-16H,2H2,1H3/q+1/b14-13+. The maximum atomic E-state index is 10.8. The summed E-state index contributed by atoms with van der Waals surface area (Å²) in [4.78, 5) is 10.4. The molecular formula is C23H19N2O3+. The van der Waals surface area contributed by atoms with E-state index in [1.54, 1.807) is 12.1 Å². The van der Waals surface area contributed by atoms with Gasteiger partial charge in [-0.05, 0) is 49.4 Å². The van der Waals surface area contributed by atoms with E-state index in [1.165, 1.54) is 23.0 Å². The predicted molar refractivity (Wildman–Crippen MR) is 110 cm³/mol. The van der Waals surface area contributed by atoms with Crippen molar-refractivity contribution in [1.29, 1.82) is 0 Å². The summed E-state index contributed by atoms with van der Waals surface area (Å²) < 4.78 is 8.14. The first kappa shape index (κ1) is 17.7. The van der Waals surface area contributed by atoms with Crippen LogP contribution in [0, 0.1) is 10.1 Å². The first-order valence-electron chi connectivity index (χ1n) is 9.10. The zero-order valence-corrected chi connectivity index (χ0v) is 15.4. The minimum Gasteiger partial charge on any atom is -0.457 e. The summed E-state index contributed by atoms with van der Waals surface area (Å²) in [5.74, 6) is 1.40. The Bertz CT molecular complexity index is 1170. The van der Waals surface area contributed by atoms with Gasteiger partial charge in [0.05, 0.1) is 4.92 Å². The monoisotopic (exact) mass is 371 g/mol. The highest BCUT2D eigenvalue weighted by Gasteiger charge is 2.12. The van der Waals surface area contributed by atoms with Crippen LogP contribution in [0.3, 0.4) is 0 Å². The molecule has 0 fully saturated rings. The van der Waals surface area contributed by atoms with Crippen LogP contribution in [0.1, 0.15) is 18.4 Å². The van der Waals surface area contributed by atoms with Gasteiger partial charge in [-0.2, -0.15) is 4.57 Å². The van der Waals surface area contributed by atoms with Crippen molar-refractivity contribution in [2.45, 2.75) is 13.5 Å². The highest BCUT2D eigenvalue weighted by atomic mass is 16.6. The van der Waals surface area contributed by atoms with Gasteiger partial charge in [0.1, 0.15) is 18.1 Å². The molecule has 0 aliphatic carbocycles. The van der Waals surface area contributed by atoms with Crippen LogP contribution in [-0.2, 0) is 6.54 Å². The quantitative estimate of drug-likeness (QED) is 0.265. The zero-order chi connectivity index (χ0) is 19.5. The van der Waals surface area contributed by atoms with Crippen LogP contribution in [0.4, 0.5) is 5.69 Å². The van der Waals surface area contributed by atoms with Crippen molar-refractivity contribution in [1.82, 2.24) is 0 Å². The van der Waals surface area contributed by atoms with Crippen LogP contribution in [-0.4, -0.2) is 4.92 Å². The number of aryl methyl sites for hydroxylation is 1. The van der Waals surface area contributed by atoms with Gasteiger partial charge < -0.3 is 4.42 Å². The zero-order valence-electron chi connectivity index (χ0n) is 15.4. The Kier molecular flexibility index (Phi) is 4.72. The average molecular weight is 371 g/mol. The molecule has 28 heavy (non-hydrogen) atoms. The van der Waals surface area contributed by atoms with E-state index in [0.29, 0.717) is 5.76 Å². The second kappa shape index (κ2) is 7.48. The van der Waals surface area contributed by atoms with Crippen molar-refractivity contribution >= 4 is 28.7 Å². The molecule has 0 radical (unpaired) electrons. The van der Waals surface area contributed by atoms with E-state index in [0.717, 1.165) is 23.6 Å². The molecule has 2 heterocycles. The fourth-order valence-corrected chi connectivity index (χ4v) is 3.29. The Hall–Kier alpha value is -3.73. The van der Waals surface area contributed by atoms with Crippen molar-refractivity contribution in [2.24, 2.45) is 0 Å². The maximum absolute atomic E-state index is 10.8. The number of furan rings is 1. The molecule has 0 bridgehead atoms. The second-order valence-corrected chi connectivity index (χ2v) is 6.40. The molecule has 0 atom stereocenters. The van der Waals surface area contributed by atoms with Crippen molar-refractivity contribution < 1.29 is 13.9 Å². The Morgan fingerprint density at radius 3 is 2.50 bits per heavy atom. The van der Waals surface area contributed by atoms with E-state index in [4.69, 9.17) is 4.42 Å². The molecule has 5 nitrogen and oxygen atoms in total. The molecule has 0 saturated carbocycles. The van der Waals surface area contributed by atoms with Gasteiger partial charge in [-0.25, -0.2) is 0 Å². The minimum atomic E-state index is -0.410. The maximum Gasteiger partial charge on any atom is 0.269 e. The molecule has 0 aliphatic heterocycles. The normalized spacial score (nSPS) is 11.3. The highest BCUT2D eigenvalue weighted by molar-refractivity contribution is 5.77. The molecular weight excluding hydrogens is 352 g/mol. The number of non-ortho nitro benzene ring substituents is 1. The Morgan fingerprint density at radius 1 is 0.964 bits per heavy atom. The molecule has 0 unspecified atom stereocenters. The highest BCUT2D eigenvalue weighted by Crippen LogP contribution is 2.25. The smallest absolute Gasteiger partial charge is 0.269 e. The van der Waals surface area contributed by atoms with Gasteiger partial charge in [0.25, 0.3) is 5.69 Å². The number of nitrogens with zero attached hydrogens (tertiary/aromatic N) is 2. The van der Waals surface area contributed by atoms with Gasteiger partial charge in [-0.1, -0.05) is 12.1 Å². The van der Waals surface area contributed by atoms with Crippen LogP contribution in [0.5, 0.6) is 0 Å². The average Bonchev–Trinajstić information content (AvgIpc) is 3.21. The molecule has 0 aliphatic rings. The SMILES string of the molecule is CC[n+]1c(/C=C/c2ccc(-c3ccc([N+](=O)[O-])cc3)o2)ccc2ccccc21. The lowest BCUT2D eigenvalue weighted by molar-refractivity contribution is -0.669. The number of para-hydroxylation sites is 1. The summed E-state index contributed by atoms with van der Waals surface area (Å²) in [6.07, 6.45) is 3.97. The largest absolute Gasteiger partial charge is 0.457 e. The van der Waals surface area contributed by atoms with Gasteiger partial charge in [0, 0.05) is 41.3 Å². The molecule has 4 rings (SSSR count). The van der Waals surface area contributed by atoms with Crippen molar-refractivity contribution in [3.8, 4) is 11.3 Å². The molecule has 2 aromatic carbocycles. The fraction of sp³-hybridized carbons (Fsp3) is 0.0870. The number of rotatable bonds is 5. The van der Waals surface area contributed by atoms with Gasteiger partial charge >= 0.3 is 0 Å². The first-order valence-corrected chi connectivity index (χ1v) is 9.10. The Labute approximate surface area is 162 Å². The van der Waals surface area contributed by atoms with E-state index >= 15 is 0 Å². The molecule has 5 heteroatoms. The number of fused-ring (bicyclic) bond motifs is 1. The topological polar surface area (TPSA) is 60.2 Å². The third kappa shape index (κ3) is 3.42. The van der Waals surface area contributed by atoms with Crippen LogP contribution in [0.25, 0.3) is 34.4 Å². The summed E-state index contributed by atoms with van der Waals surface area (Å²) >= 11 is 0. The summed E-state index contributed by atoms with van der Waals surface area (Å²) in [5.41, 5.74) is 3.16. The van der Waals surface area contributed by atoms with Gasteiger partial charge in [-0.3, -0.25) is 10.1 Å². The number of nitro benzene ring substituents is 1. The summed E-state index contributed by atoms with van der Waals surface area (Å²) in [6.45, 7) is 3.00. The van der Waals surface area contributed by atoms with Crippen molar-refractivity contribution in [2.75, 3.05) is 0 Å². The van der Waals surface area contributed by atoms with Crippen molar-refractivity contribution in [3.63, 3.8) is 0 Å². The lowest BCUT2D eigenvalue weighted by Gasteiger charge is -2.02. The van der Waals surface area contributed by atoms with Crippen LogP contribution in [0.15, 0.2) is 77.2 Å². The lowest BCUT2D eigenvalue weighted by Crippen LogP contribution is -2.36. The summed E-state index contributed by atoms with van der Waals surface area (Å²) in [5, 5.41) is 12.0. The van der Waals surface area contributed by atoms with E-state index in [9.17, 15) is 10.1 Å². The minimum absolute atomic E-state index is 0.0656. The van der Waals surface area contributed by atoms with Crippen molar-refractivity contribution in [3.05, 3.63) is 94.4 Å². The predicted octanol–water partition coefficient (Wildman–Crippen LogP) is 5.49. The molecule has 4 aromatic rings. The molecule has 0 amide bonds. The van der Waals surface area contributed by atoms with Crippen LogP contribution >= 0.6 is 0 Å². The number of pyridine rings is 1. The van der Waals surface area contributed by atoms with Gasteiger partial charge in [0.2, 0.25) is 11.2 Å². The van der Waals surface area contributed by atoms with Crippen LogP contribution in [0.2, 0.25) is 0 Å². The Morgan fingerprint density at radius 2 is 1.75 bits per heavy atom. The third-order valence-electron chi connectivity index (χ3n) is 4.70. The third-order valence-corrected chi connectivity index (χ3v) is 4.70. The van der Waals surface area contributed by atoms with E-state index in [1.807, 2.05) is 36.4 Å². The number of hydrogen-bond donors (Lipinski definition) is 0. The summed E-state index contributed by atoms with van der Waals surface area (Å²) in [6, 6.07) is 22.6. The number of aromatic nitrogens is 1. The molecule has 2 aromatic heterocycles. The lowest BCUT2D eigenvalue weighted by atomic mass is 10.1. The first-order chi connectivity index (χ1) is 13.7. The molecule has 138 valence electrons. The van der Waals surface area contributed by atoms with Crippen LogP contribution < -0.4 is 4.57 Å². The number of hydrogen-bond acceptors (Lipinski definition) is 3. The molecule has 0 N–H and O–H groups in total. The molecule has 0 spiro atoms. The number of nitro groups is 1. The van der Waals surface area contributed by atoms with E-state index < -0.39 is 4.92 Å². The number of benzene rings is 2. The Balaban J connectivity index is 1.61.